The topological polar surface area (TPSA) is 87.0 Å². The summed E-state index contributed by atoms with van der Waals surface area (Å²) in [5, 5.41) is 3.15. The van der Waals surface area contributed by atoms with E-state index >= 15 is 0 Å². The summed E-state index contributed by atoms with van der Waals surface area (Å²) in [6.07, 6.45) is 5.64. The summed E-state index contributed by atoms with van der Waals surface area (Å²) in [5.74, 6) is 1.28. The summed E-state index contributed by atoms with van der Waals surface area (Å²) in [7, 11) is 3.42. The number of rotatable bonds is 8. The molecular formula is C18H25N5O3. The molecule has 1 N–H and O–H groups in total. The van der Waals surface area contributed by atoms with Crippen molar-refractivity contribution in [2.45, 2.75) is 45.7 Å². The van der Waals surface area contributed by atoms with E-state index in [0.717, 1.165) is 31.4 Å². The fraction of sp³-hybridized carbons (Fsp3) is 0.500. The van der Waals surface area contributed by atoms with E-state index in [0.29, 0.717) is 30.2 Å². The largest absolute Gasteiger partial charge is 0.467 e. The molecule has 3 aromatic heterocycles. The number of fused-ring (bicyclic) bond motifs is 1. The Morgan fingerprint density at radius 1 is 1.15 bits per heavy atom. The number of nitrogens with zero attached hydrogens (tertiary/aromatic N) is 4. The van der Waals surface area contributed by atoms with Crippen molar-refractivity contribution in [1.29, 1.82) is 0 Å². The van der Waals surface area contributed by atoms with E-state index < -0.39 is 0 Å². The second-order valence-electron chi connectivity index (χ2n) is 6.46. The van der Waals surface area contributed by atoms with Gasteiger partial charge in [-0.25, -0.2) is 4.79 Å². The molecule has 0 aromatic carbocycles. The number of aromatic nitrogens is 4. The summed E-state index contributed by atoms with van der Waals surface area (Å²) < 4.78 is 9.75. The molecular weight excluding hydrogens is 334 g/mol. The lowest BCUT2D eigenvalue weighted by atomic mass is 10.2. The molecule has 0 spiro atoms. The molecule has 0 radical (unpaired) electrons. The predicted octanol–water partition coefficient (Wildman–Crippen LogP) is 2.22. The number of unbranched alkanes of at least 4 members (excludes halogenated alkanes) is 3. The number of furan rings is 1. The Bertz CT molecular complexity index is 995. The molecule has 140 valence electrons. The van der Waals surface area contributed by atoms with Gasteiger partial charge in [0.05, 0.1) is 12.8 Å². The number of nitrogens with one attached hydrogen (secondary N) is 1. The number of hydrogen-bond donors (Lipinski definition) is 1. The minimum atomic E-state index is -0.324. The minimum absolute atomic E-state index is 0.291. The Balaban J connectivity index is 1.95. The molecule has 0 unspecified atom stereocenters. The van der Waals surface area contributed by atoms with Gasteiger partial charge in [0, 0.05) is 20.6 Å². The van der Waals surface area contributed by atoms with Crippen molar-refractivity contribution in [2.75, 3.05) is 5.32 Å². The Kier molecular flexibility index (Phi) is 5.29. The van der Waals surface area contributed by atoms with E-state index in [1.54, 1.807) is 24.9 Å². The van der Waals surface area contributed by atoms with Gasteiger partial charge in [-0.05, 0) is 18.6 Å². The van der Waals surface area contributed by atoms with E-state index in [2.05, 4.69) is 17.2 Å². The maximum absolute atomic E-state index is 12.9. The average Bonchev–Trinajstić information content (AvgIpc) is 3.25. The molecule has 3 heterocycles. The monoisotopic (exact) mass is 359 g/mol. The lowest BCUT2D eigenvalue weighted by Gasteiger charge is -2.08. The third kappa shape index (κ3) is 3.31. The third-order valence-corrected chi connectivity index (χ3v) is 4.60. The van der Waals surface area contributed by atoms with E-state index in [1.165, 1.54) is 9.13 Å². The van der Waals surface area contributed by atoms with Crippen LogP contribution in [0.15, 0.2) is 32.4 Å². The van der Waals surface area contributed by atoms with Crippen molar-refractivity contribution in [3.63, 3.8) is 0 Å². The van der Waals surface area contributed by atoms with Crippen molar-refractivity contribution in [2.24, 2.45) is 14.1 Å². The number of anilines is 1. The van der Waals surface area contributed by atoms with Crippen LogP contribution >= 0.6 is 0 Å². The van der Waals surface area contributed by atoms with Gasteiger partial charge in [0.25, 0.3) is 5.56 Å². The van der Waals surface area contributed by atoms with Crippen LogP contribution in [0, 0.1) is 0 Å². The normalized spacial score (nSPS) is 11.3. The van der Waals surface area contributed by atoms with Crippen LogP contribution in [-0.4, -0.2) is 18.7 Å². The standard InChI is InChI=1S/C18H25N5O3/c1-4-5-6-7-10-23-16(24)14-15(22(3)18(23)25)20-17(21(14)2)19-12-13-9-8-11-26-13/h8-9,11H,4-7,10,12H2,1-3H3,(H,19,20). The zero-order chi connectivity index (χ0) is 18.7. The van der Waals surface area contributed by atoms with Gasteiger partial charge in [-0.3, -0.25) is 13.9 Å². The van der Waals surface area contributed by atoms with Crippen LogP contribution in [0.4, 0.5) is 5.95 Å². The number of aryl methyl sites for hydroxylation is 2. The molecule has 3 rings (SSSR count). The second-order valence-corrected chi connectivity index (χ2v) is 6.46. The average molecular weight is 359 g/mol. The van der Waals surface area contributed by atoms with E-state index in [4.69, 9.17) is 4.42 Å². The first-order chi connectivity index (χ1) is 12.5. The van der Waals surface area contributed by atoms with Gasteiger partial charge in [0.1, 0.15) is 5.76 Å². The molecule has 8 nitrogen and oxygen atoms in total. The zero-order valence-corrected chi connectivity index (χ0v) is 15.5. The minimum Gasteiger partial charge on any atom is -0.467 e. The van der Waals surface area contributed by atoms with Crippen molar-refractivity contribution in [3.8, 4) is 0 Å². The van der Waals surface area contributed by atoms with E-state index in [-0.39, 0.29) is 11.2 Å². The van der Waals surface area contributed by atoms with Crippen molar-refractivity contribution < 1.29 is 4.42 Å². The lowest BCUT2D eigenvalue weighted by molar-refractivity contribution is 0.517. The SMILES string of the molecule is CCCCCCn1c(=O)c2c(nc(NCc3ccco3)n2C)n(C)c1=O. The Morgan fingerprint density at radius 3 is 2.65 bits per heavy atom. The van der Waals surface area contributed by atoms with Gasteiger partial charge in [-0.1, -0.05) is 26.2 Å². The molecule has 0 bridgehead atoms. The second kappa shape index (κ2) is 7.63. The van der Waals surface area contributed by atoms with Crippen molar-refractivity contribution in [3.05, 3.63) is 45.0 Å². The highest BCUT2D eigenvalue weighted by Gasteiger charge is 2.18. The molecule has 26 heavy (non-hydrogen) atoms. The van der Waals surface area contributed by atoms with Crippen molar-refractivity contribution >= 4 is 17.1 Å². The summed E-state index contributed by atoms with van der Waals surface area (Å²) in [6.45, 7) is 3.01. The molecule has 0 aliphatic carbocycles. The van der Waals surface area contributed by atoms with Crippen LogP contribution in [0.1, 0.15) is 38.4 Å². The molecule has 8 heteroatoms. The number of hydrogen-bond acceptors (Lipinski definition) is 5. The quantitative estimate of drug-likeness (QED) is 0.623. The van der Waals surface area contributed by atoms with Crippen LogP contribution in [0.25, 0.3) is 11.2 Å². The molecule has 0 aliphatic heterocycles. The van der Waals surface area contributed by atoms with E-state index in [9.17, 15) is 9.59 Å². The molecule has 0 saturated heterocycles. The van der Waals surface area contributed by atoms with Gasteiger partial charge in [0.15, 0.2) is 11.2 Å². The lowest BCUT2D eigenvalue weighted by Crippen LogP contribution is -2.39. The maximum atomic E-state index is 12.9. The Morgan fingerprint density at radius 2 is 1.96 bits per heavy atom. The van der Waals surface area contributed by atoms with Crippen molar-refractivity contribution in [1.82, 2.24) is 18.7 Å². The third-order valence-electron chi connectivity index (χ3n) is 4.60. The first-order valence-corrected chi connectivity index (χ1v) is 8.97. The van der Waals surface area contributed by atoms with Crippen LogP contribution in [-0.2, 0) is 27.2 Å². The van der Waals surface area contributed by atoms with Gasteiger partial charge in [0.2, 0.25) is 5.95 Å². The molecule has 0 amide bonds. The van der Waals surface area contributed by atoms with Gasteiger partial charge in [-0.15, -0.1) is 0 Å². The van der Waals surface area contributed by atoms with Crippen LogP contribution < -0.4 is 16.6 Å². The molecule has 0 atom stereocenters. The van der Waals surface area contributed by atoms with Gasteiger partial charge in [-0.2, -0.15) is 4.98 Å². The van der Waals surface area contributed by atoms with Crippen LogP contribution in [0.3, 0.4) is 0 Å². The molecule has 0 saturated carbocycles. The highest BCUT2D eigenvalue weighted by atomic mass is 16.3. The fourth-order valence-corrected chi connectivity index (χ4v) is 3.07. The van der Waals surface area contributed by atoms with Crippen LogP contribution in [0.5, 0.6) is 0 Å². The predicted molar refractivity (Wildman–Crippen MR) is 100 cm³/mol. The summed E-state index contributed by atoms with van der Waals surface area (Å²) in [4.78, 5) is 29.9. The fourth-order valence-electron chi connectivity index (χ4n) is 3.07. The maximum Gasteiger partial charge on any atom is 0.332 e. The summed E-state index contributed by atoms with van der Waals surface area (Å²) in [5.41, 5.74) is 0.189. The number of imidazole rings is 1. The highest BCUT2D eigenvalue weighted by Crippen LogP contribution is 2.14. The van der Waals surface area contributed by atoms with Gasteiger partial charge >= 0.3 is 5.69 Å². The van der Waals surface area contributed by atoms with Crippen LogP contribution in [0.2, 0.25) is 0 Å². The zero-order valence-electron chi connectivity index (χ0n) is 15.5. The smallest absolute Gasteiger partial charge is 0.332 e. The summed E-state index contributed by atoms with van der Waals surface area (Å²) >= 11 is 0. The molecule has 3 aromatic rings. The first-order valence-electron chi connectivity index (χ1n) is 8.97. The Labute approximate surface area is 151 Å². The molecule has 0 fully saturated rings. The summed E-state index contributed by atoms with van der Waals surface area (Å²) in [6, 6.07) is 3.67. The molecule has 0 aliphatic rings. The van der Waals surface area contributed by atoms with E-state index in [1.807, 2.05) is 12.1 Å². The van der Waals surface area contributed by atoms with Gasteiger partial charge < -0.3 is 14.3 Å². The highest BCUT2D eigenvalue weighted by molar-refractivity contribution is 5.74. The Hall–Kier alpha value is -2.77. The first kappa shape index (κ1) is 18.0.